The molecule has 5 nitrogen and oxygen atoms in total. The molecular formula is C12H14ClNO4. The molecule has 6 heteroatoms. The fourth-order valence-electron chi connectivity index (χ4n) is 1.43. The van der Waals surface area contributed by atoms with Crippen LogP contribution in [0.25, 0.3) is 0 Å². The van der Waals surface area contributed by atoms with Gasteiger partial charge in [0, 0.05) is 6.20 Å². The number of hydrogen-bond acceptors (Lipinski definition) is 5. The number of rotatable bonds is 4. The summed E-state index contributed by atoms with van der Waals surface area (Å²) in [4.78, 5) is 27.2. The predicted octanol–water partition coefficient (Wildman–Crippen LogP) is 2.40. The van der Waals surface area contributed by atoms with Crippen molar-refractivity contribution in [1.82, 2.24) is 4.98 Å². The van der Waals surface area contributed by atoms with E-state index in [0.717, 1.165) is 0 Å². The average molecular weight is 272 g/mol. The lowest BCUT2D eigenvalue weighted by Crippen LogP contribution is -2.14. The number of hydrogen-bond donors (Lipinski definition) is 0. The number of pyridine rings is 1. The first kappa shape index (κ1) is 14.4. The number of ether oxygens (including phenoxy) is 2. The van der Waals surface area contributed by atoms with Crippen molar-refractivity contribution in [2.75, 3.05) is 13.2 Å². The summed E-state index contributed by atoms with van der Waals surface area (Å²) in [6.07, 6.45) is 1.29. The van der Waals surface area contributed by atoms with E-state index in [1.807, 2.05) is 0 Å². The van der Waals surface area contributed by atoms with Crippen molar-refractivity contribution in [3.05, 3.63) is 28.0 Å². The molecule has 0 aromatic carbocycles. The van der Waals surface area contributed by atoms with Crippen LogP contribution in [0, 0.1) is 6.92 Å². The largest absolute Gasteiger partial charge is 0.462 e. The first-order valence-corrected chi connectivity index (χ1v) is 5.90. The molecule has 0 spiro atoms. The Morgan fingerprint density at radius 1 is 1.22 bits per heavy atom. The van der Waals surface area contributed by atoms with E-state index >= 15 is 0 Å². The molecule has 0 atom stereocenters. The Labute approximate surface area is 110 Å². The molecular weight excluding hydrogens is 258 g/mol. The quantitative estimate of drug-likeness (QED) is 0.621. The number of esters is 2. The van der Waals surface area contributed by atoms with Crippen LogP contribution >= 0.6 is 11.6 Å². The first-order valence-electron chi connectivity index (χ1n) is 5.52. The highest BCUT2D eigenvalue weighted by atomic mass is 35.5. The van der Waals surface area contributed by atoms with Crippen molar-refractivity contribution in [2.24, 2.45) is 0 Å². The van der Waals surface area contributed by atoms with Crippen molar-refractivity contribution in [2.45, 2.75) is 20.8 Å². The van der Waals surface area contributed by atoms with Crippen LogP contribution in [-0.4, -0.2) is 30.1 Å². The predicted molar refractivity (Wildman–Crippen MR) is 65.9 cm³/mol. The normalized spacial score (nSPS) is 10.0. The molecule has 1 rings (SSSR count). The van der Waals surface area contributed by atoms with Gasteiger partial charge in [0.05, 0.1) is 18.8 Å². The van der Waals surface area contributed by atoms with E-state index < -0.39 is 11.9 Å². The van der Waals surface area contributed by atoms with E-state index in [4.69, 9.17) is 21.1 Å². The number of halogens is 1. The molecule has 0 aliphatic heterocycles. The second kappa shape index (κ2) is 6.35. The lowest BCUT2D eigenvalue weighted by atomic mass is 10.1. The number of carbonyl (C=O) groups is 2. The average Bonchev–Trinajstić information content (AvgIpc) is 2.29. The third-order valence-corrected chi connectivity index (χ3v) is 2.55. The molecule has 0 fully saturated rings. The molecule has 98 valence electrons. The van der Waals surface area contributed by atoms with Gasteiger partial charge in [-0.25, -0.2) is 14.6 Å². The number of nitrogens with zero attached hydrogens (tertiary/aromatic N) is 1. The molecule has 0 aliphatic rings. The molecule has 1 aromatic rings. The topological polar surface area (TPSA) is 65.5 Å². The third-order valence-electron chi connectivity index (χ3n) is 2.27. The van der Waals surface area contributed by atoms with Gasteiger partial charge in [0.15, 0.2) is 0 Å². The Morgan fingerprint density at radius 2 is 1.78 bits per heavy atom. The summed E-state index contributed by atoms with van der Waals surface area (Å²) in [6.45, 7) is 5.45. The highest BCUT2D eigenvalue weighted by Gasteiger charge is 2.22. The zero-order valence-electron chi connectivity index (χ0n) is 10.4. The molecule has 0 saturated carbocycles. The van der Waals surface area contributed by atoms with Gasteiger partial charge in [0.1, 0.15) is 10.7 Å². The molecule has 0 aliphatic carbocycles. The minimum atomic E-state index is -0.598. The maximum absolute atomic E-state index is 11.7. The van der Waals surface area contributed by atoms with Gasteiger partial charge >= 0.3 is 11.9 Å². The van der Waals surface area contributed by atoms with Gasteiger partial charge in [-0.3, -0.25) is 0 Å². The molecule has 0 unspecified atom stereocenters. The van der Waals surface area contributed by atoms with Crippen LogP contribution in [0.3, 0.4) is 0 Å². The van der Waals surface area contributed by atoms with Crippen LogP contribution in [-0.2, 0) is 9.47 Å². The fraction of sp³-hybridized carbons (Fsp3) is 0.417. The SMILES string of the molecule is CCOC(=O)c1cnc(Cl)c(C(=O)OCC)c1C. The Hall–Kier alpha value is -1.62. The van der Waals surface area contributed by atoms with Crippen molar-refractivity contribution in [1.29, 1.82) is 0 Å². The third kappa shape index (κ3) is 2.98. The standard InChI is InChI=1S/C12H14ClNO4/c1-4-17-11(15)8-6-14-10(13)9(7(8)3)12(16)18-5-2/h6H,4-5H2,1-3H3. The number of aromatic nitrogens is 1. The summed E-state index contributed by atoms with van der Waals surface area (Å²) >= 11 is 5.85. The molecule has 0 saturated heterocycles. The lowest BCUT2D eigenvalue weighted by molar-refractivity contribution is 0.0523. The van der Waals surface area contributed by atoms with Gasteiger partial charge in [0.25, 0.3) is 0 Å². The molecule has 18 heavy (non-hydrogen) atoms. The van der Waals surface area contributed by atoms with Gasteiger partial charge in [-0.15, -0.1) is 0 Å². The van der Waals surface area contributed by atoms with Gasteiger partial charge < -0.3 is 9.47 Å². The summed E-state index contributed by atoms with van der Waals surface area (Å²) in [5.41, 5.74) is 0.722. The summed E-state index contributed by atoms with van der Waals surface area (Å²) in [7, 11) is 0. The van der Waals surface area contributed by atoms with E-state index in [-0.39, 0.29) is 29.5 Å². The first-order chi connectivity index (χ1) is 8.52. The maximum Gasteiger partial charge on any atom is 0.341 e. The smallest absolute Gasteiger partial charge is 0.341 e. The Morgan fingerprint density at radius 3 is 2.33 bits per heavy atom. The van der Waals surface area contributed by atoms with E-state index in [9.17, 15) is 9.59 Å². The summed E-state index contributed by atoms with van der Waals surface area (Å²) in [6, 6.07) is 0. The Kier molecular flexibility index (Phi) is 5.09. The summed E-state index contributed by atoms with van der Waals surface area (Å²) in [5.74, 6) is -1.14. The highest BCUT2D eigenvalue weighted by molar-refractivity contribution is 6.32. The lowest BCUT2D eigenvalue weighted by Gasteiger charge is -2.10. The fourth-order valence-corrected chi connectivity index (χ4v) is 1.69. The van der Waals surface area contributed by atoms with E-state index in [1.54, 1.807) is 20.8 Å². The van der Waals surface area contributed by atoms with E-state index in [0.29, 0.717) is 5.56 Å². The van der Waals surface area contributed by atoms with Gasteiger partial charge in [-0.1, -0.05) is 11.6 Å². The van der Waals surface area contributed by atoms with Gasteiger partial charge in [-0.05, 0) is 26.3 Å². The second-order valence-electron chi connectivity index (χ2n) is 3.40. The van der Waals surface area contributed by atoms with Crippen molar-refractivity contribution < 1.29 is 19.1 Å². The Balaban J connectivity index is 3.22. The monoisotopic (exact) mass is 271 g/mol. The van der Waals surface area contributed by atoms with Crippen molar-refractivity contribution in [3.8, 4) is 0 Å². The van der Waals surface area contributed by atoms with Crippen molar-refractivity contribution >= 4 is 23.5 Å². The number of carbonyl (C=O) groups excluding carboxylic acids is 2. The minimum absolute atomic E-state index is 0.0130. The zero-order chi connectivity index (χ0) is 13.7. The van der Waals surface area contributed by atoms with Crippen LogP contribution in [0.4, 0.5) is 0 Å². The molecule has 0 amide bonds. The molecule has 1 heterocycles. The van der Waals surface area contributed by atoms with E-state index in [1.165, 1.54) is 6.20 Å². The van der Waals surface area contributed by atoms with E-state index in [2.05, 4.69) is 4.98 Å². The molecule has 0 bridgehead atoms. The molecule has 1 aromatic heterocycles. The van der Waals surface area contributed by atoms with Crippen molar-refractivity contribution in [3.63, 3.8) is 0 Å². The summed E-state index contributed by atoms with van der Waals surface area (Å²) < 4.78 is 9.74. The van der Waals surface area contributed by atoms with Gasteiger partial charge in [0.2, 0.25) is 0 Å². The minimum Gasteiger partial charge on any atom is -0.462 e. The zero-order valence-corrected chi connectivity index (χ0v) is 11.2. The van der Waals surface area contributed by atoms with Crippen LogP contribution in [0.15, 0.2) is 6.20 Å². The van der Waals surface area contributed by atoms with Crippen LogP contribution < -0.4 is 0 Å². The highest BCUT2D eigenvalue weighted by Crippen LogP contribution is 2.22. The molecule has 0 N–H and O–H groups in total. The molecule has 0 radical (unpaired) electrons. The summed E-state index contributed by atoms with van der Waals surface area (Å²) in [5, 5.41) is 0.0130. The maximum atomic E-state index is 11.7. The van der Waals surface area contributed by atoms with Crippen LogP contribution in [0.1, 0.15) is 40.1 Å². The second-order valence-corrected chi connectivity index (χ2v) is 3.76. The van der Waals surface area contributed by atoms with Gasteiger partial charge in [-0.2, -0.15) is 0 Å². The van der Waals surface area contributed by atoms with Crippen LogP contribution in [0.2, 0.25) is 5.15 Å². The van der Waals surface area contributed by atoms with Crippen LogP contribution in [0.5, 0.6) is 0 Å². The Bertz CT molecular complexity index is 473.